The van der Waals surface area contributed by atoms with Gasteiger partial charge >= 0.3 is 6.36 Å². The van der Waals surface area contributed by atoms with Gasteiger partial charge in [0.1, 0.15) is 10.8 Å². The first-order valence-corrected chi connectivity index (χ1v) is 7.19. The standard InChI is InChI=1S/C14H15F3N2OS/c1-3-11-8(2)21-13(19-11)12(18)9-4-6-10(7-5-9)20-14(15,16)17/h4-7,12H,3,18H2,1-2H3. The van der Waals surface area contributed by atoms with E-state index in [9.17, 15) is 13.2 Å². The summed E-state index contributed by atoms with van der Waals surface area (Å²) in [7, 11) is 0. The molecule has 7 heteroatoms. The van der Waals surface area contributed by atoms with Gasteiger partial charge in [-0.1, -0.05) is 19.1 Å². The predicted molar refractivity (Wildman–Crippen MR) is 75.4 cm³/mol. The number of nitrogens with zero attached hydrogens (tertiary/aromatic N) is 1. The van der Waals surface area contributed by atoms with E-state index < -0.39 is 12.4 Å². The van der Waals surface area contributed by atoms with Gasteiger partial charge in [0.15, 0.2) is 0 Å². The first-order valence-electron chi connectivity index (χ1n) is 6.37. The highest BCUT2D eigenvalue weighted by Gasteiger charge is 2.31. The Hall–Kier alpha value is -1.60. The molecule has 1 aromatic heterocycles. The lowest BCUT2D eigenvalue weighted by atomic mass is 10.1. The lowest BCUT2D eigenvalue weighted by molar-refractivity contribution is -0.274. The molecule has 1 aromatic carbocycles. The number of hydrogen-bond donors (Lipinski definition) is 1. The number of halogens is 3. The quantitative estimate of drug-likeness (QED) is 0.929. The van der Waals surface area contributed by atoms with Gasteiger partial charge in [-0.05, 0) is 31.0 Å². The maximum atomic E-state index is 12.1. The molecule has 0 bridgehead atoms. The Kier molecular flexibility index (Phi) is 4.53. The van der Waals surface area contributed by atoms with Gasteiger partial charge < -0.3 is 10.5 Å². The molecule has 0 fully saturated rings. The van der Waals surface area contributed by atoms with Gasteiger partial charge in [0.25, 0.3) is 0 Å². The van der Waals surface area contributed by atoms with Crippen LogP contribution in [0.25, 0.3) is 0 Å². The van der Waals surface area contributed by atoms with Crippen molar-refractivity contribution in [3.8, 4) is 5.75 Å². The summed E-state index contributed by atoms with van der Waals surface area (Å²) in [6.45, 7) is 3.99. The van der Waals surface area contributed by atoms with Crippen molar-refractivity contribution in [1.82, 2.24) is 4.98 Å². The molecule has 0 saturated heterocycles. The van der Waals surface area contributed by atoms with E-state index in [0.717, 1.165) is 22.0 Å². The third-order valence-corrected chi connectivity index (χ3v) is 4.08. The smallest absolute Gasteiger partial charge is 0.406 e. The van der Waals surface area contributed by atoms with Crippen LogP contribution >= 0.6 is 11.3 Å². The summed E-state index contributed by atoms with van der Waals surface area (Å²) in [5.74, 6) is -0.261. The number of hydrogen-bond acceptors (Lipinski definition) is 4. The number of aromatic nitrogens is 1. The number of nitrogens with two attached hydrogens (primary N) is 1. The normalized spacial score (nSPS) is 13.2. The second-order valence-electron chi connectivity index (χ2n) is 4.50. The highest BCUT2D eigenvalue weighted by atomic mass is 32.1. The lowest BCUT2D eigenvalue weighted by Gasteiger charge is -2.12. The zero-order chi connectivity index (χ0) is 15.6. The SMILES string of the molecule is CCc1nc(C(N)c2ccc(OC(F)(F)F)cc2)sc1C. The molecule has 114 valence electrons. The van der Waals surface area contributed by atoms with E-state index in [-0.39, 0.29) is 5.75 Å². The number of alkyl halides is 3. The summed E-state index contributed by atoms with van der Waals surface area (Å²) in [5, 5.41) is 0.758. The lowest BCUT2D eigenvalue weighted by Crippen LogP contribution is -2.17. The van der Waals surface area contributed by atoms with Crippen LogP contribution in [0.2, 0.25) is 0 Å². The van der Waals surface area contributed by atoms with E-state index in [0.29, 0.717) is 5.56 Å². The summed E-state index contributed by atoms with van der Waals surface area (Å²) in [5.41, 5.74) is 7.81. The molecule has 1 unspecified atom stereocenters. The topological polar surface area (TPSA) is 48.1 Å². The van der Waals surface area contributed by atoms with Gasteiger partial charge in [-0.15, -0.1) is 24.5 Å². The second kappa shape index (κ2) is 6.03. The number of rotatable bonds is 4. The van der Waals surface area contributed by atoms with E-state index >= 15 is 0 Å². The molecular formula is C14H15F3N2OS. The third-order valence-electron chi connectivity index (χ3n) is 2.98. The fraction of sp³-hybridized carbons (Fsp3) is 0.357. The van der Waals surface area contributed by atoms with Gasteiger partial charge in [0.2, 0.25) is 0 Å². The first-order chi connectivity index (χ1) is 9.80. The zero-order valence-electron chi connectivity index (χ0n) is 11.6. The number of thiazole rings is 1. The maximum Gasteiger partial charge on any atom is 0.573 e. The molecular weight excluding hydrogens is 301 g/mol. The molecule has 2 N–H and O–H groups in total. The van der Waals surface area contributed by atoms with Crippen LogP contribution in [0.3, 0.4) is 0 Å². The van der Waals surface area contributed by atoms with Crippen molar-refractivity contribution in [2.24, 2.45) is 5.73 Å². The van der Waals surface area contributed by atoms with Crippen LogP contribution in [0.4, 0.5) is 13.2 Å². The average Bonchev–Trinajstić information content (AvgIpc) is 2.78. The average molecular weight is 316 g/mol. The third kappa shape index (κ3) is 3.95. The van der Waals surface area contributed by atoms with Crippen LogP contribution in [-0.2, 0) is 6.42 Å². The fourth-order valence-corrected chi connectivity index (χ4v) is 2.97. The van der Waals surface area contributed by atoms with Crippen LogP contribution in [0.1, 0.15) is 34.1 Å². The summed E-state index contributed by atoms with van der Waals surface area (Å²) < 4.78 is 40.1. The van der Waals surface area contributed by atoms with E-state index in [2.05, 4.69) is 9.72 Å². The fourth-order valence-electron chi connectivity index (χ4n) is 1.93. The predicted octanol–water partition coefficient (Wildman–Crippen LogP) is 3.96. The molecule has 0 spiro atoms. The number of aryl methyl sites for hydroxylation is 2. The molecule has 2 rings (SSSR count). The van der Waals surface area contributed by atoms with Crippen LogP contribution < -0.4 is 10.5 Å². The number of benzene rings is 1. The second-order valence-corrected chi connectivity index (χ2v) is 5.74. The Morgan fingerprint density at radius 2 is 1.90 bits per heavy atom. The summed E-state index contributed by atoms with van der Waals surface area (Å²) >= 11 is 1.51. The molecule has 0 amide bonds. The Bertz CT molecular complexity index is 608. The molecule has 2 aromatic rings. The molecule has 1 atom stereocenters. The molecule has 1 heterocycles. The van der Waals surface area contributed by atoms with Crippen LogP contribution in [0, 0.1) is 6.92 Å². The largest absolute Gasteiger partial charge is 0.573 e. The molecule has 0 saturated carbocycles. The van der Waals surface area contributed by atoms with Gasteiger partial charge in [-0.3, -0.25) is 0 Å². The molecule has 0 radical (unpaired) electrons. The van der Waals surface area contributed by atoms with Crippen LogP contribution in [0.15, 0.2) is 24.3 Å². The molecule has 0 aliphatic carbocycles. The van der Waals surface area contributed by atoms with E-state index in [4.69, 9.17) is 5.73 Å². The van der Waals surface area contributed by atoms with Crippen molar-refractivity contribution in [3.05, 3.63) is 45.4 Å². The van der Waals surface area contributed by atoms with Gasteiger partial charge in [-0.25, -0.2) is 4.98 Å². The van der Waals surface area contributed by atoms with Crippen LogP contribution in [-0.4, -0.2) is 11.3 Å². The van der Waals surface area contributed by atoms with E-state index in [1.54, 1.807) is 0 Å². The number of ether oxygens (including phenoxy) is 1. The van der Waals surface area contributed by atoms with Gasteiger partial charge in [0.05, 0.1) is 11.7 Å². The van der Waals surface area contributed by atoms with E-state index in [1.165, 1.54) is 35.6 Å². The van der Waals surface area contributed by atoms with E-state index in [1.807, 2.05) is 13.8 Å². The Morgan fingerprint density at radius 1 is 1.29 bits per heavy atom. The monoisotopic (exact) mass is 316 g/mol. The van der Waals surface area contributed by atoms with Crippen molar-refractivity contribution >= 4 is 11.3 Å². The minimum Gasteiger partial charge on any atom is -0.406 e. The molecule has 21 heavy (non-hydrogen) atoms. The molecule has 3 nitrogen and oxygen atoms in total. The molecule has 0 aliphatic rings. The van der Waals surface area contributed by atoms with Gasteiger partial charge in [-0.2, -0.15) is 0 Å². The highest BCUT2D eigenvalue weighted by Crippen LogP contribution is 2.29. The molecule has 0 aliphatic heterocycles. The maximum absolute atomic E-state index is 12.1. The summed E-state index contributed by atoms with van der Waals surface area (Å²) in [6.07, 6.45) is -3.86. The van der Waals surface area contributed by atoms with Crippen molar-refractivity contribution in [2.75, 3.05) is 0 Å². The van der Waals surface area contributed by atoms with Crippen molar-refractivity contribution in [2.45, 2.75) is 32.7 Å². The van der Waals surface area contributed by atoms with Crippen molar-refractivity contribution < 1.29 is 17.9 Å². The Labute approximate surface area is 124 Å². The summed E-state index contributed by atoms with van der Waals surface area (Å²) in [4.78, 5) is 5.58. The van der Waals surface area contributed by atoms with Crippen molar-refractivity contribution in [3.63, 3.8) is 0 Å². The minimum atomic E-state index is -4.69. The van der Waals surface area contributed by atoms with Gasteiger partial charge in [0, 0.05) is 4.88 Å². The first kappa shape index (κ1) is 15.8. The zero-order valence-corrected chi connectivity index (χ0v) is 12.4. The summed E-state index contributed by atoms with van der Waals surface area (Å²) in [6, 6.07) is 5.10. The Morgan fingerprint density at radius 3 is 2.38 bits per heavy atom. The van der Waals surface area contributed by atoms with Crippen molar-refractivity contribution in [1.29, 1.82) is 0 Å². The highest BCUT2D eigenvalue weighted by molar-refractivity contribution is 7.11. The van der Waals surface area contributed by atoms with Crippen LogP contribution in [0.5, 0.6) is 5.75 Å². The minimum absolute atomic E-state index is 0.261. The Balaban J connectivity index is 2.17.